The average molecular weight is 635 g/mol. The van der Waals surface area contributed by atoms with Crippen molar-refractivity contribution in [3.05, 3.63) is 99.5 Å². The largest absolute Gasteiger partial charge is 0.352 e. The fraction of sp³-hybridized carbons (Fsp3) is 0.310. The van der Waals surface area contributed by atoms with Crippen LogP contribution in [0.25, 0.3) is 0 Å². The minimum atomic E-state index is -3.83. The molecule has 39 heavy (non-hydrogen) atoms. The molecule has 0 radical (unpaired) electrons. The van der Waals surface area contributed by atoms with Gasteiger partial charge in [-0.25, -0.2) is 8.42 Å². The van der Waals surface area contributed by atoms with Crippen LogP contribution in [0.3, 0.4) is 0 Å². The van der Waals surface area contributed by atoms with E-state index in [0.29, 0.717) is 27.2 Å². The number of amides is 2. The lowest BCUT2D eigenvalue weighted by Crippen LogP contribution is -2.54. The molecule has 0 aliphatic heterocycles. The average Bonchev–Trinajstić information content (AvgIpc) is 2.89. The standard InChI is InChI=1S/C29H33BrClN3O4S/c1-4-21(2)32-29(36)27(17-22-11-6-5-7-12-22)33(19-23-13-8-9-16-26(23)31)28(35)20-34(39(3,37)38)25-15-10-14-24(30)18-25/h5-16,18,21,27H,4,17,19-20H2,1-3H3,(H,32,36)/t21-,27+/m1/s1. The summed E-state index contributed by atoms with van der Waals surface area (Å²) in [5.41, 5.74) is 1.85. The Labute approximate surface area is 244 Å². The molecule has 3 aromatic rings. The second-order valence-corrected chi connectivity index (χ2v) is 12.6. The van der Waals surface area contributed by atoms with E-state index in [1.165, 1.54) is 4.90 Å². The van der Waals surface area contributed by atoms with Crippen LogP contribution in [0.4, 0.5) is 5.69 Å². The van der Waals surface area contributed by atoms with Gasteiger partial charge in [0.15, 0.2) is 0 Å². The Morgan fingerprint density at radius 2 is 1.67 bits per heavy atom. The van der Waals surface area contributed by atoms with Crippen LogP contribution in [0.1, 0.15) is 31.4 Å². The molecule has 0 fully saturated rings. The van der Waals surface area contributed by atoms with Gasteiger partial charge in [0.2, 0.25) is 21.8 Å². The molecule has 0 aliphatic rings. The summed E-state index contributed by atoms with van der Waals surface area (Å²) in [5.74, 6) is -0.845. The molecule has 0 bridgehead atoms. The van der Waals surface area contributed by atoms with Crippen molar-refractivity contribution in [2.45, 2.75) is 45.3 Å². The molecule has 1 N–H and O–H groups in total. The van der Waals surface area contributed by atoms with Gasteiger partial charge in [0.1, 0.15) is 12.6 Å². The molecule has 0 saturated heterocycles. The predicted molar refractivity (Wildman–Crippen MR) is 160 cm³/mol. The quantitative estimate of drug-likeness (QED) is 0.288. The number of anilines is 1. The Morgan fingerprint density at radius 1 is 1.00 bits per heavy atom. The van der Waals surface area contributed by atoms with Crippen LogP contribution in [0, 0.1) is 0 Å². The molecule has 7 nitrogen and oxygen atoms in total. The van der Waals surface area contributed by atoms with Crippen molar-refractivity contribution in [1.29, 1.82) is 0 Å². The van der Waals surface area contributed by atoms with E-state index in [4.69, 9.17) is 11.6 Å². The molecular formula is C29H33BrClN3O4S. The Morgan fingerprint density at radius 3 is 2.28 bits per heavy atom. The van der Waals surface area contributed by atoms with Crippen LogP contribution < -0.4 is 9.62 Å². The van der Waals surface area contributed by atoms with Gasteiger partial charge in [-0.05, 0) is 48.7 Å². The first-order valence-corrected chi connectivity index (χ1v) is 15.6. The van der Waals surface area contributed by atoms with Crippen molar-refractivity contribution in [2.75, 3.05) is 17.1 Å². The summed E-state index contributed by atoms with van der Waals surface area (Å²) in [5, 5.41) is 3.45. The zero-order chi connectivity index (χ0) is 28.6. The summed E-state index contributed by atoms with van der Waals surface area (Å²) in [6, 6.07) is 22.2. The topological polar surface area (TPSA) is 86.8 Å². The number of nitrogens with zero attached hydrogens (tertiary/aromatic N) is 2. The minimum Gasteiger partial charge on any atom is -0.352 e. The van der Waals surface area contributed by atoms with E-state index in [9.17, 15) is 18.0 Å². The smallest absolute Gasteiger partial charge is 0.244 e. The first kappa shape index (κ1) is 30.7. The highest BCUT2D eigenvalue weighted by Crippen LogP contribution is 2.24. The molecule has 3 rings (SSSR count). The third-order valence-electron chi connectivity index (χ3n) is 6.35. The second-order valence-electron chi connectivity index (χ2n) is 9.39. The molecule has 208 valence electrons. The molecule has 0 unspecified atom stereocenters. The van der Waals surface area contributed by atoms with Gasteiger partial charge in [0, 0.05) is 28.5 Å². The molecule has 0 heterocycles. The van der Waals surface area contributed by atoms with Crippen LogP contribution >= 0.6 is 27.5 Å². The van der Waals surface area contributed by atoms with Crippen molar-refractivity contribution in [3.8, 4) is 0 Å². The maximum absolute atomic E-state index is 14.1. The van der Waals surface area contributed by atoms with Gasteiger partial charge in [-0.15, -0.1) is 0 Å². The van der Waals surface area contributed by atoms with E-state index in [-0.39, 0.29) is 24.9 Å². The summed E-state index contributed by atoms with van der Waals surface area (Å²) < 4.78 is 27.4. The zero-order valence-electron chi connectivity index (χ0n) is 22.2. The number of hydrogen-bond donors (Lipinski definition) is 1. The molecule has 2 atom stereocenters. The van der Waals surface area contributed by atoms with Crippen molar-refractivity contribution < 1.29 is 18.0 Å². The Kier molecular flexibility index (Phi) is 11.0. The fourth-order valence-corrected chi connectivity index (χ4v) is 5.47. The van der Waals surface area contributed by atoms with E-state index in [1.54, 1.807) is 48.5 Å². The van der Waals surface area contributed by atoms with Gasteiger partial charge in [-0.1, -0.05) is 89.1 Å². The Hall–Kier alpha value is -2.88. The first-order valence-electron chi connectivity index (χ1n) is 12.6. The Bertz CT molecular complexity index is 1390. The molecule has 0 aliphatic carbocycles. The van der Waals surface area contributed by atoms with E-state index in [0.717, 1.165) is 16.1 Å². The van der Waals surface area contributed by atoms with Crippen molar-refractivity contribution in [2.24, 2.45) is 0 Å². The molecule has 0 aromatic heterocycles. The zero-order valence-corrected chi connectivity index (χ0v) is 25.3. The summed E-state index contributed by atoms with van der Waals surface area (Å²) in [7, 11) is -3.83. The van der Waals surface area contributed by atoms with Gasteiger partial charge in [-0.3, -0.25) is 13.9 Å². The summed E-state index contributed by atoms with van der Waals surface area (Å²) >= 11 is 9.83. The minimum absolute atomic E-state index is 0.0278. The van der Waals surface area contributed by atoms with E-state index in [2.05, 4.69) is 21.2 Å². The lowest BCUT2D eigenvalue weighted by Gasteiger charge is -2.34. The fourth-order valence-electron chi connectivity index (χ4n) is 4.05. The van der Waals surface area contributed by atoms with E-state index < -0.39 is 28.5 Å². The van der Waals surface area contributed by atoms with Crippen LogP contribution in [0.5, 0.6) is 0 Å². The highest BCUT2D eigenvalue weighted by Gasteiger charge is 2.33. The van der Waals surface area contributed by atoms with Gasteiger partial charge in [0.05, 0.1) is 11.9 Å². The summed E-state index contributed by atoms with van der Waals surface area (Å²) in [6.45, 7) is 3.41. The number of carbonyl (C=O) groups excluding carboxylic acids is 2. The predicted octanol–water partition coefficient (Wildman–Crippen LogP) is 5.42. The molecule has 0 spiro atoms. The van der Waals surface area contributed by atoms with E-state index in [1.807, 2.05) is 44.2 Å². The summed E-state index contributed by atoms with van der Waals surface area (Å²) in [4.78, 5) is 29.1. The number of benzene rings is 3. The monoisotopic (exact) mass is 633 g/mol. The molecule has 0 saturated carbocycles. The van der Waals surface area contributed by atoms with Gasteiger partial charge < -0.3 is 10.2 Å². The SMILES string of the molecule is CC[C@@H](C)NC(=O)[C@H](Cc1ccccc1)N(Cc1ccccc1Cl)C(=O)CN(c1cccc(Br)c1)S(C)(=O)=O. The number of sulfonamides is 1. The molecular weight excluding hydrogens is 602 g/mol. The maximum Gasteiger partial charge on any atom is 0.244 e. The molecule has 10 heteroatoms. The number of hydrogen-bond acceptors (Lipinski definition) is 4. The van der Waals surface area contributed by atoms with Gasteiger partial charge in [0.25, 0.3) is 0 Å². The summed E-state index contributed by atoms with van der Waals surface area (Å²) in [6.07, 6.45) is 2.01. The number of halogens is 2. The van der Waals surface area contributed by atoms with E-state index >= 15 is 0 Å². The third kappa shape index (κ3) is 8.81. The number of carbonyl (C=O) groups is 2. The number of nitrogens with one attached hydrogen (secondary N) is 1. The number of rotatable bonds is 12. The van der Waals surface area contributed by atoms with Crippen LogP contribution in [-0.2, 0) is 32.6 Å². The van der Waals surface area contributed by atoms with Gasteiger partial charge in [-0.2, -0.15) is 0 Å². The normalized spacial score (nSPS) is 12.8. The van der Waals surface area contributed by atoms with Crippen molar-refractivity contribution in [1.82, 2.24) is 10.2 Å². The maximum atomic E-state index is 14.1. The van der Waals surface area contributed by atoms with Crippen molar-refractivity contribution >= 4 is 55.1 Å². The van der Waals surface area contributed by atoms with Crippen LogP contribution in [0.15, 0.2) is 83.3 Å². The van der Waals surface area contributed by atoms with Crippen molar-refractivity contribution in [3.63, 3.8) is 0 Å². The molecule has 2 amide bonds. The van der Waals surface area contributed by atoms with Crippen LogP contribution in [0.2, 0.25) is 5.02 Å². The van der Waals surface area contributed by atoms with Gasteiger partial charge >= 0.3 is 0 Å². The second kappa shape index (κ2) is 14.0. The highest BCUT2D eigenvalue weighted by molar-refractivity contribution is 9.10. The third-order valence-corrected chi connectivity index (χ3v) is 8.35. The Balaban J connectivity index is 2.07. The highest BCUT2D eigenvalue weighted by atomic mass is 79.9. The molecule has 3 aromatic carbocycles. The lowest BCUT2D eigenvalue weighted by atomic mass is 10.0. The first-order chi connectivity index (χ1) is 18.5. The van der Waals surface area contributed by atoms with Crippen LogP contribution in [-0.4, -0.2) is 50.0 Å². The lowest BCUT2D eigenvalue weighted by molar-refractivity contribution is -0.140.